The van der Waals surface area contributed by atoms with E-state index in [4.69, 9.17) is 4.74 Å². The van der Waals surface area contributed by atoms with Crippen molar-refractivity contribution in [3.8, 4) is 0 Å². The lowest BCUT2D eigenvalue weighted by molar-refractivity contribution is -0.389. The van der Waals surface area contributed by atoms with Gasteiger partial charge in [-0.2, -0.15) is 4.91 Å². The zero-order valence-corrected chi connectivity index (χ0v) is 11.5. The fraction of sp³-hybridized carbons (Fsp3) is 0.727. The highest BCUT2D eigenvalue weighted by Gasteiger charge is 2.32. The van der Waals surface area contributed by atoms with Crippen molar-refractivity contribution in [3.05, 3.63) is 27.0 Å². The van der Waals surface area contributed by atoms with Crippen molar-refractivity contribution < 1.29 is 9.66 Å². The number of nitrogens with zero attached hydrogens (tertiary/aromatic N) is 4. The van der Waals surface area contributed by atoms with Crippen molar-refractivity contribution in [1.29, 1.82) is 0 Å². The SMILES string of the molecule is COCC(C)(C)C(Cn1cc([N+](=O)[O-])nc1C)N=O. The van der Waals surface area contributed by atoms with Crippen LogP contribution in [0.25, 0.3) is 0 Å². The molecule has 1 unspecified atom stereocenters. The summed E-state index contributed by atoms with van der Waals surface area (Å²) in [5.74, 6) is 0.250. The number of nitro groups is 1. The van der Waals surface area contributed by atoms with Gasteiger partial charge in [0.15, 0.2) is 0 Å². The Morgan fingerprint density at radius 2 is 2.26 bits per heavy atom. The van der Waals surface area contributed by atoms with Crippen molar-refractivity contribution in [2.45, 2.75) is 33.4 Å². The maximum Gasteiger partial charge on any atom is 0.381 e. The highest BCUT2D eigenvalue weighted by atomic mass is 16.6. The van der Waals surface area contributed by atoms with Gasteiger partial charge in [0.25, 0.3) is 0 Å². The van der Waals surface area contributed by atoms with E-state index in [0.29, 0.717) is 12.4 Å². The Morgan fingerprint density at radius 3 is 2.68 bits per heavy atom. The maximum absolute atomic E-state index is 11.0. The Kier molecular flexibility index (Phi) is 4.71. The molecule has 1 atom stereocenters. The van der Waals surface area contributed by atoms with E-state index in [9.17, 15) is 15.0 Å². The molecule has 1 heterocycles. The molecule has 0 aliphatic rings. The summed E-state index contributed by atoms with van der Waals surface area (Å²) in [6.45, 7) is 6.00. The fourth-order valence-electron chi connectivity index (χ4n) is 1.84. The number of ether oxygens (including phenoxy) is 1. The Bertz CT molecular complexity index is 469. The van der Waals surface area contributed by atoms with Gasteiger partial charge in [0, 0.05) is 19.4 Å². The van der Waals surface area contributed by atoms with E-state index >= 15 is 0 Å². The molecule has 0 aromatic carbocycles. The predicted molar refractivity (Wildman–Crippen MR) is 68.9 cm³/mol. The van der Waals surface area contributed by atoms with Gasteiger partial charge in [0.2, 0.25) is 5.82 Å². The minimum atomic E-state index is -0.562. The van der Waals surface area contributed by atoms with Crippen LogP contribution in [0.2, 0.25) is 0 Å². The van der Waals surface area contributed by atoms with Crippen LogP contribution in [0, 0.1) is 27.4 Å². The lowest BCUT2D eigenvalue weighted by Crippen LogP contribution is -2.35. The molecule has 0 N–H and O–H groups in total. The monoisotopic (exact) mass is 270 g/mol. The first-order valence-corrected chi connectivity index (χ1v) is 5.81. The van der Waals surface area contributed by atoms with E-state index < -0.39 is 16.4 Å². The van der Waals surface area contributed by atoms with Gasteiger partial charge in [0.1, 0.15) is 12.2 Å². The standard InChI is InChI=1S/C11H18N4O4/c1-8-12-10(15(17)18)6-14(8)5-9(13-16)11(2,3)7-19-4/h6,9H,5,7H2,1-4H3. The molecular weight excluding hydrogens is 252 g/mol. The molecule has 0 saturated carbocycles. The molecule has 1 aromatic heterocycles. The quantitative estimate of drug-likeness (QED) is 0.428. The number of rotatable bonds is 7. The van der Waals surface area contributed by atoms with E-state index in [1.54, 1.807) is 18.6 Å². The van der Waals surface area contributed by atoms with Gasteiger partial charge in [-0.3, -0.25) is 0 Å². The average molecular weight is 270 g/mol. The van der Waals surface area contributed by atoms with Crippen LogP contribution in [0.3, 0.4) is 0 Å². The van der Waals surface area contributed by atoms with Crippen LogP contribution in [-0.2, 0) is 11.3 Å². The van der Waals surface area contributed by atoms with Crippen LogP contribution in [0.1, 0.15) is 19.7 Å². The van der Waals surface area contributed by atoms with Crippen LogP contribution >= 0.6 is 0 Å². The van der Waals surface area contributed by atoms with Crippen LogP contribution in [0.15, 0.2) is 11.4 Å². The van der Waals surface area contributed by atoms with Gasteiger partial charge >= 0.3 is 5.82 Å². The summed E-state index contributed by atoms with van der Waals surface area (Å²) in [6.07, 6.45) is 1.32. The predicted octanol–water partition coefficient (Wildman–Crippen LogP) is 1.91. The van der Waals surface area contributed by atoms with Crippen molar-refractivity contribution in [2.24, 2.45) is 10.6 Å². The first-order chi connectivity index (χ1) is 8.81. The minimum absolute atomic E-state index is 0.230. The Morgan fingerprint density at radius 1 is 1.63 bits per heavy atom. The zero-order valence-electron chi connectivity index (χ0n) is 11.5. The molecule has 0 spiro atoms. The van der Waals surface area contributed by atoms with Crippen LogP contribution < -0.4 is 0 Å². The lowest BCUT2D eigenvalue weighted by atomic mass is 9.85. The number of nitroso groups, excluding NO2 is 1. The molecule has 0 bridgehead atoms. The second-order valence-corrected chi connectivity index (χ2v) is 5.10. The Labute approximate surface area is 110 Å². The van der Waals surface area contributed by atoms with Gasteiger partial charge in [-0.1, -0.05) is 19.0 Å². The number of aryl methyl sites for hydroxylation is 1. The minimum Gasteiger partial charge on any atom is -0.384 e. The van der Waals surface area contributed by atoms with Gasteiger partial charge in [-0.05, 0) is 9.91 Å². The molecular formula is C11H18N4O4. The third-order valence-electron chi connectivity index (χ3n) is 3.07. The van der Waals surface area contributed by atoms with E-state index in [1.807, 2.05) is 13.8 Å². The maximum atomic E-state index is 11.0. The molecule has 0 aliphatic heterocycles. The smallest absolute Gasteiger partial charge is 0.381 e. The molecule has 0 radical (unpaired) electrons. The van der Waals surface area contributed by atoms with E-state index in [1.165, 1.54) is 6.20 Å². The number of hydrogen-bond donors (Lipinski definition) is 0. The fourth-order valence-corrected chi connectivity index (χ4v) is 1.84. The van der Waals surface area contributed by atoms with Gasteiger partial charge in [0.05, 0.1) is 13.2 Å². The first kappa shape index (κ1) is 15.2. The Hall–Kier alpha value is -1.83. The first-order valence-electron chi connectivity index (χ1n) is 5.81. The number of methoxy groups -OCH3 is 1. The zero-order chi connectivity index (χ0) is 14.6. The normalized spacial score (nSPS) is 13.3. The topological polar surface area (TPSA) is 99.6 Å². The highest BCUT2D eigenvalue weighted by molar-refractivity contribution is 5.17. The second-order valence-electron chi connectivity index (χ2n) is 5.10. The molecule has 0 aliphatic carbocycles. The summed E-state index contributed by atoms with van der Waals surface area (Å²) >= 11 is 0. The summed E-state index contributed by atoms with van der Waals surface area (Å²) in [5.41, 5.74) is -0.456. The molecule has 19 heavy (non-hydrogen) atoms. The summed E-state index contributed by atoms with van der Waals surface area (Å²) in [6, 6.07) is -0.556. The lowest BCUT2D eigenvalue weighted by Gasteiger charge is -2.28. The molecule has 1 rings (SSSR count). The molecule has 8 heteroatoms. The van der Waals surface area contributed by atoms with Crippen molar-refractivity contribution in [3.63, 3.8) is 0 Å². The summed E-state index contributed by atoms with van der Waals surface area (Å²) in [7, 11) is 1.55. The summed E-state index contributed by atoms with van der Waals surface area (Å²) in [4.78, 5) is 24.9. The molecule has 0 amide bonds. The third-order valence-corrected chi connectivity index (χ3v) is 3.07. The number of hydrogen-bond acceptors (Lipinski definition) is 6. The van der Waals surface area contributed by atoms with Crippen LogP contribution in [0.5, 0.6) is 0 Å². The van der Waals surface area contributed by atoms with E-state index in [0.717, 1.165) is 0 Å². The average Bonchev–Trinajstić information content (AvgIpc) is 2.67. The molecule has 1 aromatic rings. The molecule has 8 nitrogen and oxygen atoms in total. The van der Waals surface area contributed by atoms with Gasteiger partial charge in [-0.25, -0.2) is 0 Å². The van der Waals surface area contributed by atoms with Gasteiger partial charge in [-0.15, -0.1) is 0 Å². The van der Waals surface area contributed by atoms with Crippen LogP contribution in [-0.4, -0.2) is 34.2 Å². The summed E-state index contributed by atoms with van der Waals surface area (Å²) in [5, 5.41) is 13.8. The van der Waals surface area contributed by atoms with E-state index in [-0.39, 0.29) is 12.4 Å². The highest BCUT2D eigenvalue weighted by Crippen LogP contribution is 2.26. The Balaban J connectivity index is 2.93. The number of imidazole rings is 1. The molecule has 106 valence electrons. The number of aromatic nitrogens is 2. The van der Waals surface area contributed by atoms with Gasteiger partial charge < -0.3 is 19.4 Å². The largest absolute Gasteiger partial charge is 0.384 e. The van der Waals surface area contributed by atoms with Crippen molar-refractivity contribution in [1.82, 2.24) is 9.55 Å². The summed E-state index contributed by atoms with van der Waals surface area (Å²) < 4.78 is 6.64. The van der Waals surface area contributed by atoms with E-state index in [2.05, 4.69) is 10.2 Å². The third kappa shape index (κ3) is 3.57. The van der Waals surface area contributed by atoms with Crippen molar-refractivity contribution >= 4 is 5.82 Å². The van der Waals surface area contributed by atoms with Crippen molar-refractivity contribution in [2.75, 3.05) is 13.7 Å². The molecule has 0 fully saturated rings. The van der Waals surface area contributed by atoms with Crippen LogP contribution in [0.4, 0.5) is 5.82 Å². The molecule has 0 saturated heterocycles. The second kappa shape index (κ2) is 5.87.